The first-order valence-corrected chi connectivity index (χ1v) is 8.04. The molecular formula is C16H23N5. The molecule has 0 radical (unpaired) electrons. The molecule has 2 aromatic rings. The van der Waals surface area contributed by atoms with Gasteiger partial charge >= 0.3 is 0 Å². The summed E-state index contributed by atoms with van der Waals surface area (Å²) in [7, 11) is 0. The molecule has 3 aliphatic heterocycles. The van der Waals surface area contributed by atoms with Crippen LogP contribution in [0.15, 0.2) is 18.5 Å². The molecule has 5 nitrogen and oxygen atoms in total. The maximum Gasteiger partial charge on any atom is 0.152 e. The highest BCUT2D eigenvalue weighted by molar-refractivity contribution is 5.68. The second kappa shape index (κ2) is 4.98. The molecule has 3 aliphatic rings. The van der Waals surface area contributed by atoms with Crippen LogP contribution in [0.3, 0.4) is 0 Å². The van der Waals surface area contributed by atoms with E-state index in [1.807, 2.05) is 16.9 Å². The summed E-state index contributed by atoms with van der Waals surface area (Å²) in [5.41, 5.74) is 2.22. The van der Waals surface area contributed by atoms with E-state index < -0.39 is 0 Å². The van der Waals surface area contributed by atoms with Crippen molar-refractivity contribution in [2.24, 2.45) is 5.92 Å². The first-order chi connectivity index (χ1) is 10.2. The van der Waals surface area contributed by atoms with Crippen molar-refractivity contribution in [3.05, 3.63) is 24.2 Å². The second-order valence-electron chi connectivity index (χ2n) is 6.72. The molecule has 3 fully saturated rings. The van der Waals surface area contributed by atoms with Crippen LogP contribution in [0, 0.1) is 5.92 Å². The van der Waals surface area contributed by atoms with Gasteiger partial charge in [-0.15, -0.1) is 0 Å². The van der Waals surface area contributed by atoms with Gasteiger partial charge in [-0.3, -0.25) is 0 Å². The Labute approximate surface area is 125 Å². The molecule has 1 atom stereocenters. The van der Waals surface area contributed by atoms with Gasteiger partial charge in [0, 0.05) is 25.0 Å². The van der Waals surface area contributed by atoms with Crippen molar-refractivity contribution in [2.45, 2.75) is 38.6 Å². The molecule has 1 N–H and O–H groups in total. The van der Waals surface area contributed by atoms with Gasteiger partial charge in [0.05, 0.1) is 5.69 Å². The number of nitrogens with zero attached hydrogens (tertiary/aromatic N) is 4. The predicted molar refractivity (Wildman–Crippen MR) is 83.7 cm³/mol. The molecule has 0 aromatic carbocycles. The Morgan fingerprint density at radius 2 is 2.10 bits per heavy atom. The third-order valence-corrected chi connectivity index (χ3v) is 4.98. The summed E-state index contributed by atoms with van der Waals surface area (Å²) in [5, 5.41) is 8.33. The lowest BCUT2D eigenvalue weighted by atomic mass is 9.84. The van der Waals surface area contributed by atoms with Gasteiger partial charge in [-0.1, -0.05) is 13.8 Å². The van der Waals surface area contributed by atoms with E-state index in [1.54, 1.807) is 0 Å². The fourth-order valence-corrected chi connectivity index (χ4v) is 3.64. The van der Waals surface area contributed by atoms with Gasteiger partial charge in [-0.05, 0) is 43.8 Å². The van der Waals surface area contributed by atoms with Crippen LogP contribution in [0.25, 0.3) is 5.52 Å². The number of hydrogen-bond donors (Lipinski definition) is 1. The monoisotopic (exact) mass is 285 g/mol. The van der Waals surface area contributed by atoms with Gasteiger partial charge in [-0.2, -0.15) is 5.10 Å². The highest BCUT2D eigenvalue weighted by Crippen LogP contribution is 2.30. The molecule has 21 heavy (non-hydrogen) atoms. The lowest BCUT2D eigenvalue weighted by molar-refractivity contribution is 0.0974. The summed E-state index contributed by atoms with van der Waals surface area (Å²) >= 11 is 0. The minimum absolute atomic E-state index is 0.439. The third kappa shape index (κ3) is 2.29. The van der Waals surface area contributed by atoms with E-state index in [-0.39, 0.29) is 0 Å². The van der Waals surface area contributed by atoms with Gasteiger partial charge in [0.1, 0.15) is 5.52 Å². The number of nitrogens with one attached hydrogen (secondary N) is 1. The molecule has 5 heteroatoms. The van der Waals surface area contributed by atoms with Gasteiger partial charge in [0.25, 0.3) is 0 Å². The smallest absolute Gasteiger partial charge is 0.152 e. The van der Waals surface area contributed by atoms with Crippen molar-refractivity contribution in [2.75, 3.05) is 25.0 Å². The first kappa shape index (κ1) is 13.1. The molecule has 5 heterocycles. The van der Waals surface area contributed by atoms with Crippen molar-refractivity contribution in [1.29, 1.82) is 0 Å². The molecule has 5 rings (SSSR count). The number of aromatic nitrogens is 3. The lowest BCUT2D eigenvalue weighted by Crippen LogP contribution is -2.53. The van der Waals surface area contributed by atoms with E-state index >= 15 is 0 Å². The fourth-order valence-electron chi connectivity index (χ4n) is 3.64. The molecule has 0 spiro atoms. The van der Waals surface area contributed by atoms with Crippen molar-refractivity contribution in [3.63, 3.8) is 0 Å². The third-order valence-electron chi connectivity index (χ3n) is 4.98. The Balaban J connectivity index is 1.64. The van der Waals surface area contributed by atoms with Crippen LogP contribution >= 0.6 is 0 Å². The van der Waals surface area contributed by atoms with Gasteiger partial charge in [0.15, 0.2) is 5.82 Å². The zero-order chi connectivity index (χ0) is 14.4. The maximum atomic E-state index is 4.64. The Hall–Kier alpha value is -1.62. The molecule has 1 unspecified atom stereocenters. The molecule has 112 valence electrons. The van der Waals surface area contributed by atoms with Gasteiger partial charge in [0.2, 0.25) is 0 Å². The van der Waals surface area contributed by atoms with Gasteiger partial charge < -0.3 is 10.2 Å². The zero-order valence-corrected chi connectivity index (χ0v) is 12.8. The fraction of sp³-hybridized carbons (Fsp3) is 0.625. The summed E-state index contributed by atoms with van der Waals surface area (Å²) in [4.78, 5) is 7.13. The van der Waals surface area contributed by atoms with Crippen LogP contribution in [0.5, 0.6) is 0 Å². The van der Waals surface area contributed by atoms with Crippen LogP contribution in [-0.4, -0.2) is 45.2 Å². The molecular weight excluding hydrogens is 262 g/mol. The molecule has 2 aromatic heterocycles. The van der Waals surface area contributed by atoms with Crippen LogP contribution in [0.1, 0.15) is 38.3 Å². The Morgan fingerprint density at radius 3 is 2.76 bits per heavy atom. The molecule has 2 bridgehead atoms. The highest BCUT2D eigenvalue weighted by Gasteiger charge is 2.34. The van der Waals surface area contributed by atoms with E-state index in [1.165, 1.54) is 25.9 Å². The minimum atomic E-state index is 0.439. The number of rotatable bonds is 3. The number of anilines is 1. The van der Waals surface area contributed by atoms with E-state index in [0.717, 1.165) is 29.5 Å². The average molecular weight is 285 g/mol. The van der Waals surface area contributed by atoms with E-state index in [9.17, 15) is 0 Å². The Bertz CT molecular complexity index is 639. The minimum Gasteiger partial charge on any atom is -0.364 e. The van der Waals surface area contributed by atoms with Crippen LogP contribution in [-0.2, 0) is 0 Å². The van der Waals surface area contributed by atoms with Crippen molar-refractivity contribution < 1.29 is 0 Å². The molecule has 0 saturated carbocycles. The van der Waals surface area contributed by atoms with Crippen molar-refractivity contribution >= 4 is 11.3 Å². The number of hydrogen-bond acceptors (Lipinski definition) is 4. The van der Waals surface area contributed by atoms with Crippen LogP contribution in [0.2, 0.25) is 0 Å². The number of fused-ring (bicyclic) bond motifs is 4. The summed E-state index contributed by atoms with van der Waals surface area (Å²) in [6.45, 7) is 8.04. The Morgan fingerprint density at radius 1 is 1.29 bits per heavy atom. The summed E-state index contributed by atoms with van der Waals surface area (Å²) in [6, 6.07) is 2.70. The normalized spacial score (nSPS) is 28.4. The van der Waals surface area contributed by atoms with E-state index in [2.05, 4.69) is 40.2 Å². The molecule has 0 amide bonds. The van der Waals surface area contributed by atoms with Crippen molar-refractivity contribution in [1.82, 2.24) is 19.5 Å². The largest absolute Gasteiger partial charge is 0.364 e. The predicted octanol–water partition coefficient (Wildman–Crippen LogP) is 2.36. The second-order valence-corrected chi connectivity index (χ2v) is 6.72. The topological polar surface area (TPSA) is 45.5 Å². The molecule has 0 aliphatic carbocycles. The highest BCUT2D eigenvalue weighted by atomic mass is 15.3. The standard InChI is InChI=1S/C16H23N5/c1-11(2)13-9-15-16(17-5-8-21(15)19-13)18-14-10-20-6-3-12(14)4-7-20/h5,8-9,11-12,14H,3-4,6-7,10H2,1-2H3,(H,17,18). The van der Waals surface area contributed by atoms with Crippen LogP contribution in [0.4, 0.5) is 5.82 Å². The van der Waals surface area contributed by atoms with Crippen LogP contribution < -0.4 is 5.32 Å². The van der Waals surface area contributed by atoms with E-state index in [0.29, 0.717) is 12.0 Å². The SMILES string of the molecule is CC(C)c1cc2c(NC3CN4CCC3CC4)nccn2n1. The first-order valence-electron chi connectivity index (χ1n) is 8.04. The van der Waals surface area contributed by atoms with Crippen molar-refractivity contribution in [3.8, 4) is 0 Å². The summed E-state index contributed by atoms with van der Waals surface area (Å²) < 4.78 is 1.95. The zero-order valence-electron chi connectivity index (χ0n) is 12.8. The van der Waals surface area contributed by atoms with Gasteiger partial charge in [-0.25, -0.2) is 9.50 Å². The maximum absolute atomic E-state index is 4.64. The Kier molecular flexibility index (Phi) is 3.10. The summed E-state index contributed by atoms with van der Waals surface area (Å²) in [6.07, 6.45) is 6.41. The quantitative estimate of drug-likeness (QED) is 0.940. The lowest BCUT2D eigenvalue weighted by Gasteiger charge is -2.45. The molecule has 3 saturated heterocycles. The van der Waals surface area contributed by atoms with E-state index in [4.69, 9.17) is 0 Å². The summed E-state index contributed by atoms with van der Waals surface area (Å²) in [5.74, 6) is 2.22. The number of piperidine rings is 3. The average Bonchev–Trinajstić information content (AvgIpc) is 2.94.